The first-order chi connectivity index (χ1) is 17.2. The molecule has 2 heterocycles. The Kier molecular flexibility index (Phi) is 8.05. The van der Waals surface area contributed by atoms with Crippen molar-refractivity contribution in [1.29, 1.82) is 0 Å². The number of amides is 1. The van der Waals surface area contributed by atoms with Crippen molar-refractivity contribution in [2.24, 2.45) is 5.92 Å². The molecule has 10 heteroatoms. The van der Waals surface area contributed by atoms with E-state index >= 15 is 0 Å². The molecule has 0 saturated carbocycles. The van der Waals surface area contributed by atoms with Crippen LogP contribution in [0.3, 0.4) is 0 Å². The minimum atomic E-state index is -2.90. The number of hydrogen-bond acceptors (Lipinski definition) is 4. The number of esters is 1. The average molecular weight is 539 g/mol. The van der Waals surface area contributed by atoms with E-state index in [1.165, 1.54) is 7.11 Å². The van der Waals surface area contributed by atoms with E-state index in [4.69, 9.17) is 27.9 Å². The lowest BCUT2D eigenvalue weighted by molar-refractivity contribution is -0.142. The number of aryl methyl sites for hydroxylation is 1. The second-order valence-electron chi connectivity index (χ2n) is 8.90. The van der Waals surface area contributed by atoms with Gasteiger partial charge >= 0.3 is 12.6 Å². The van der Waals surface area contributed by atoms with Crippen LogP contribution in [-0.4, -0.2) is 48.2 Å². The molecule has 3 aromatic rings. The highest BCUT2D eigenvalue weighted by molar-refractivity contribution is 6.38. The summed E-state index contributed by atoms with van der Waals surface area (Å²) in [6.45, 7) is 0.252. The molecule has 1 amide bonds. The van der Waals surface area contributed by atoms with Gasteiger partial charge in [-0.05, 0) is 61.6 Å². The molecule has 1 fully saturated rings. The number of piperidine rings is 1. The first-order valence-corrected chi connectivity index (χ1v) is 12.3. The Labute approximate surface area is 217 Å². The van der Waals surface area contributed by atoms with Gasteiger partial charge in [-0.2, -0.15) is 8.78 Å². The molecule has 0 atom stereocenters. The molecule has 192 valence electrons. The first-order valence-electron chi connectivity index (χ1n) is 11.5. The van der Waals surface area contributed by atoms with Crippen LogP contribution in [0.25, 0.3) is 10.9 Å². The summed E-state index contributed by atoms with van der Waals surface area (Å²) in [5.41, 5.74) is 2.54. The predicted octanol–water partition coefficient (Wildman–Crippen LogP) is 6.32. The van der Waals surface area contributed by atoms with Crippen LogP contribution in [0.1, 0.15) is 40.7 Å². The molecule has 0 radical (unpaired) electrons. The molecular formula is C26H26Cl2F2N2O4. The first kappa shape index (κ1) is 26.2. The number of methoxy groups -OCH3 is 1. The zero-order chi connectivity index (χ0) is 26.0. The fraction of sp³-hybridized carbons (Fsp3) is 0.385. The standard InChI is InChI=1S/C26H26Cl2F2N2O4/c1-15-11-18(36-26(29)30)13-17-7-10-32(24(15)17)14-20-21(27)4-3-19(23(20)28)25(34)31-8-5-16(6-9-31)12-22(33)35-2/h3-4,7,10-11,13,16,26H,5-6,8-9,12,14H2,1-2H3. The van der Waals surface area contributed by atoms with Gasteiger partial charge in [0.2, 0.25) is 0 Å². The summed E-state index contributed by atoms with van der Waals surface area (Å²) < 4.78 is 36.5. The molecule has 4 rings (SSSR count). The van der Waals surface area contributed by atoms with Gasteiger partial charge in [0.15, 0.2) is 0 Å². The van der Waals surface area contributed by atoms with E-state index < -0.39 is 6.61 Å². The van der Waals surface area contributed by atoms with Crippen LogP contribution in [0.4, 0.5) is 8.78 Å². The zero-order valence-corrected chi connectivity index (χ0v) is 21.4. The number of rotatable bonds is 7. The van der Waals surface area contributed by atoms with Crippen LogP contribution in [-0.2, 0) is 16.1 Å². The number of ether oxygens (including phenoxy) is 2. The molecule has 0 bridgehead atoms. The number of carbonyl (C=O) groups excluding carboxylic acids is 2. The molecule has 2 aromatic carbocycles. The minimum absolute atomic E-state index is 0.0896. The molecule has 0 unspecified atom stereocenters. The molecule has 1 aromatic heterocycles. The molecule has 0 aliphatic carbocycles. The van der Waals surface area contributed by atoms with Crippen molar-refractivity contribution < 1.29 is 27.8 Å². The number of carbonyl (C=O) groups is 2. The highest BCUT2D eigenvalue weighted by atomic mass is 35.5. The lowest BCUT2D eigenvalue weighted by atomic mass is 9.93. The number of halogens is 4. The number of likely N-dealkylation sites (tertiary alicyclic amines) is 1. The Bertz CT molecular complexity index is 1290. The highest BCUT2D eigenvalue weighted by Gasteiger charge is 2.27. The van der Waals surface area contributed by atoms with E-state index in [-0.39, 0.29) is 28.6 Å². The van der Waals surface area contributed by atoms with Gasteiger partial charge < -0.3 is 18.9 Å². The van der Waals surface area contributed by atoms with Crippen molar-refractivity contribution >= 4 is 46.0 Å². The normalized spacial score (nSPS) is 14.5. The number of alkyl halides is 2. The highest BCUT2D eigenvalue weighted by Crippen LogP contribution is 2.33. The van der Waals surface area contributed by atoms with Crippen LogP contribution < -0.4 is 4.74 Å². The summed E-state index contributed by atoms with van der Waals surface area (Å²) in [5, 5.41) is 1.44. The topological polar surface area (TPSA) is 60.8 Å². The number of fused-ring (bicyclic) bond motifs is 1. The molecule has 0 spiro atoms. The second kappa shape index (κ2) is 11.0. The fourth-order valence-electron chi connectivity index (χ4n) is 4.75. The molecule has 1 aliphatic heterocycles. The van der Waals surface area contributed by atoms with Crippen molar-refractivity contribution in [3.8, 4) is 5.75 Å². The largest absolute Gasteiger partial charge is 0.469 e. The van der Waals surface area contributed by atoms with Crippen LogP contribution in [0.2, 0.25) is 10.0 Å². The summed E-state index contributed by atoms with van der Waals surface area (Å²) in [5.74, 6) is -0.145. The SMILES string of the molecule is COC(=O)CC1CCN(C(=O)c2ccc(Cl)c(Cn3ccc4cc(OC(F)F)cc(C)c43)c2Cl)CC1. The average Bonchev–Trinajstić information content (AvgIpc) is 3.24. The summed E-state index contributed by atoms with van der Waals surface area (Å²) >= 11 is 13.2. The molecule has 6 nitrogen and oxygen atoms in total. The van der Waals surface area contributed by atoms with Gasteiger partial charge in [0.1, 0.15) is 5.75 Å². The van der Waals surface area contributed by atoms with Crippen LogP contribution in [0.15, 0.2) is 36.5 Å². The van der Waals surface area contributed by atoms with Gasteiger partial charge in [-0.1, -0.05) is 23.2 Å². The Hall–Kier alpha value is -2.84. The van der Waals surface area contributed by atoms with Gasteiger partial charge in [0, 0.05) is 41.7 Å². The quantitative estimate of drug-likeness (QED) is 0.330. The van der Waals surface area contributed by atoms with Crippen LogP contribution >= 0.6 is 23.2 Å². The molecular weight excluding hydrogens is 513 g/mol. The molecule has 36 heavy (non-hydrogen) atoms. The third kappa shape index (κ3) is 5.60. The zero-order valence-electron chi connectivity index (χ0n) is 19.9. The van der Waals surface area contributed by atoms with Crippen molar-refractivity contribution in [1.82, 2.24) is 9.47 Å². The van der Waals surface area contributed by atoms with Crippen molar-refractivity contribution in [3.63, 3.8) is 0 Å². The Balaban J connectivity index is 1.55. The molecule has 1 saturated heterocycles. The van der Waals surface area contributed by atoms with Gasteiger partial charge in [-0.15, -0.1) is 0 Å². The van der Waals surface area contributed by atoms with Gasteiger partial charge in [-0.25, -0.2) is 0 Å². The van der Waals surface area contributed by atoms with Gasteiger partial charge in [0.05, 0.1) is 29.8 Å². The Morgan fingerprint density at radius 1 is 1.14 bits per heavy atom. The summed E-state index contributed by atoms with van der Waals surface area (Å²) in [6, 6.07) is 8.20. The number of benzene rings is 2. The molecule has 1 aliphatic rings. The summed E-state index contributed by atoms with van der Waals surface area (Å²) in [4.78, 5) is 26.6. The smallest absolute Gasteiger partial charge is 0.387 e. The number of nitrogens with zero attached hydrogens (tertiary/aromatic N) is 2. The lowest BCUT2D eigenvalue weighted by Crippen LogP contribution is -2.39. The molecule has 0 N–H and O–H groups in total. The summed E-state index contributed by atoms with van der Waals surface area (Å²) in [6.07, 6.45) is 3.59. The van der Waals surface area contributed by atoms with E-state index in [1.54, 1.807) is 35.2 Å². The van der Waals surface area contributed by atoms with Gasteiger partial charge in [-0.3, -0.25) is 9.59 Å². The third-order valence-electron chi connectivity index (χ3n) is 6.58. The van der Waals surface area contributed by atoms with E-state index in [0.29, 0.717) is 55.0 Å². The third-order valence-corrected chi connectivity index (χ3v) is 7.37. The van der Waals surface area contributed by atoms with E-state index in [2.05, 4.69) is 4.74 Å². The van der Waals surface area contributed by atoms with Crippen LogP contribution in [0.5, 0.6) is 5.75 Å². The lowest BCUT2D eigenvalue weighted by Gasteiger charge is -2.32. The second-order valence-corrected chi connectivity index (χ2v) is 9.69. The maximum Gasteiger partial charge on any atom is 0.387 e. The van der Waals surface area contributed by atoms with Crippen molar-refractivity contribution in [3.05, 3.63) is 63.3 Å². The van der Waals surface area contributed by atoms with Gasteiger partial charge in [0.25, 0.3) is 5.91 Å². The Morgan fingerprint density at radius 3 is 2.53 bits per heavy atom. The Morgan fingerprint density at radius 2 is 1.86 bits per heavy atom. The van der Waals surface area contributed by atoms with Crippen LogP contribution in [0, 0.1) is 12.8 Å². The maximum atomic E-state index is 13.3. The van der Waals surface area contributed by atoms with E-state index in [0.717, 1.165) is 16.5 Å². The predicted molar refractivity (Wildman–Crippen MR) is 134 cm³/mol. The maximum absolute atomic E-state index is 13.3. The number of aromatic nitrogens is 1. The monoisotopic (exact) mass is 538 g/mol. The minimum Gasteiger partial charge on any atom is -0.469 e. The number of hydrogen-bond donors (Lipinski definition) is 0. The van der Waals surface area contributed by atoms with Crippen molar-refractivity contribution in [2.45, 2.75) is 39.3 Å². The van der Waals surface area contributed by atoms with E-state index in [9.17, 15) is 18.4 Å². The van der Waals surface area contributed by atoms with E-state index in [1.807, 2.05) is 17.7 Å². The summed E-state index contributed by atoms with van der Waals surface area (Å²) in [7, 11) is 1.37. The fourth-order valence-corrected chi connectivity index (χ4v) is 5.32. The van der Waals surface area contributed by atoms with Crippen molar-refractivity contribution in [2.75, 3.05) is 20.2 Å².